The van der Waals surface area contributed by atoms with Crippen molar-refractivity contribution >= 4 is 5.69 Å². The van der Waals surface area contributed by atoms with Gasteiger partial charge in [-0.15, -0.1) is 6.42 Å². The third-order valence-corrected chi connectivity index (χ3v) is 3.03. The Balaban J connectivity index is 2.21. The Kier molecular flexibility index (Phi) is 4.20. The zero-order valence-corrected chi connectivity index (χ0v) is 10.9. The number of halogens is 1. The van der Waals surface area contributed by atoms with E-state index < -0.39 is 0 Å². The normalized spacial score (nSPS) is 11.6. The SMILES string of the molecule is C#Cc1cccc(NC(CC)c2cccc(F)c2)c1. The van der Waals surface area contributed by atoms with Crippen molar-refractivity contribution < 1.29 is 4.39 Å². The first kappa shape index (κ1) is 13.2. The van der Waals surface area contributed by atoms with Gasteiger partial charge in [-0.1, -0.05) is 31.0 Å². The molecule has 2 rings (SSSR count). The summed E-state index contributed by atoms with van der Waals surface area (Å²) in [6.45, 7) is 2.06. The molecular weight excluding hydrogens is 237 g/mol. The fourth-order valence-corrected chi connectivity index (χ4v) is 2.04. The first-order valence-corrected chi connectivity index (χ1v) is 6.31. The van der Waals surface area contributed by atoms with Crippen LogP contribution < -0.4 is 5.32 Å². The van der Waals surface area contributed by atoms with Crippen LogP contribution in [0.1, 0.15) is 30.5 Å². The monoisotopic (exact) mass is 253 g/mol. The number of nitrogens with one attached hydrogen (secondary N) is 1. The molecule has 1 unspecified atom stereocenters. The molecule has 0 radical (unpaired) electrons. The topological polar surface area (TPSA) is 12.0 Å². The van der Waals surface area contributed by atoms with Gasteiger partial charge in [0.25, 0.3) is 0 Å². The molecule has 0 saturated heterocycles. The Morgan fingerprint density at radius 2 is 2.00 bits per heavy atom. The van der Waals surface area contributed by atoms with Gasteiger partial charge in [-0.05, 0) is 42.3 Å². The van der Waals surface area contributed by atoms with Crippen LogP contribution in [0.25, 0.3) is 0 Å². The standard InChI is InChI=1S/C17H16FN/c1-3-13-7-5-10-16(11-13)19-17(4-2)14-8-6-9-15(18)12-14/h1,5-12,17,19H,4H2,2H3. The molecule has 0 fully saturated rings. The van der Waals surface area contributed by atoms with E-state index in [4.69, 9.17) is 6.42 Å². The number of anilines is 1. The lowest BCUT2D eigenvalue weighted by Crippen LogP contribution is -2.09. The Morgan fingerprint density at radius 1 is 1.21 bits per heavy atom. The lowest BCUT2D eigenvalue weighted by molar-refractivity contribution is 0.621. The summed E-state index contributed by atoms with van der Waals surface area (Å²) in [5, 5.41) is 3.38. The molecule has 2 heteroatoms. The van der Waals surface area contributed by atoms with E-state index in [1.165, 1.54) is 6.07 Å². The van der Waals surface area contributed by atoms with E-state index in [2.05, 4.69) is 18.2 Å². The largest absolute Gasteiger partial charge is 0.378 e. The van der Waals surface area contributed by atoms with Crippen molar-refractivity contribution in [3.05, 3.63) is 65.5 Å². The quantitative estimate of drug-likeness (QED) is 0.798. The van der Waals surface area contributed by atoms with Crippen molar-refractivity contribution in [3.63, 3.8) is 0 Å². The molecule has 2 aromatic carbocycles. The Hall–Kier alpha value is -2.27. The number of benzene rings is 2. The number of hydrogen-bond acceptors (Lipinski definition) is 1. The third-order valence-electron chi connectivity index (χ3n) is 3.03. The molecule has 0 heterocycles. The van der Waals surface area contributed by atoms with E-state index in [0.717, 1.165) is 23.2 Å². The van der Waals surface area contributed by atoms with Crippen LogP contribution >= 0.6 is 0 Å². The van der Waals surface area contributed by atoms with Crippen molar-refractivity contribution in [2.75, 3.05) is 5.32 Å². The zero-order chi connectivity index (χ0) is 13.7. The Morgan fingerprint density at radius 3 is 2.68 bits per heavy atom. The summed E-state index contributed by atoms with van der Waals surface area (Å²) in [6, 6.07) is 14.4. The number of rotatable bonds is 4. The minimum Gasteiger partial charge on any atom is -0.378 e. The molecule has 0 aliphatic rings. The average molecular weight is 253 g/mol. The molecule has 0 spiro atoms. The molecule has 0 aromatic heterocycles. The van der Waals surface area contributed by atoms with E-state index in [1.807, 2.05) is 30.3 Å². The average Bonchev–Trinajstić information content (AvgIpc) is 2.45. The predicted molar refractivity (Wildman–Crippen MR) is 77.4 cm³/mol. The Bertz CT molecular complexity index is 598. The second-order valence-corrected chi connectivity index (χ2v) is 4.39. The first-order valence-electron chi connectivity index (χ1n) is 6.31. The second-order valence-electron chi connectivity index (χ2n) is 4.39. The van der Waals surface area contributed by atoms with Gasteiger partial charge in [0, 0.05) is 11.3 Å². The molecule has 0 aliphatic heterocycles. The first-order chi connectivity index (χ1) is 9.22. The molecule has 2 aromatic rings. The van der Waals surface area contributed by atoms with Crippen LogP contribution in [-0.2, 0) is 0 Å². The highest BCUT2D eigenvalue weighted by Gasteiger charge is 2.09. The summed E-state index contributed by atoms with van der Waals surface area (Å²) >= 11 is 0. The fraction of sp³-hybridized carbons (Fsp3) is 0.176. The highest BCUT2D eigenvalue weighted by Crippen LogP contribution is 2.23. The van der Waals surface area contributed by atoms with Crippen LogP contribution in [0.15, 0.2) is 48.5 Å². The van der Waals surface area contributed by atoms with Crippen LogP contribution in [0.3, 0.4) is 0 Å². The van der Waals surface area contributed by atoms with E-state index in [0.29, 0.717) is 0 Å². The van der Waals surface area contributed by atoms with Crippen LogP contribution in [-0.4, -0.2) is 0 Å². The van der Waals surface area contributed by atoms with Crippen molar-refractivity contribution in [1.29, 1.82) is 0 Å². The molecule has 1 N–H and O–H groups in total. The lowest BCUT2D eigenvalue weighted by atomic mass is 10.0. The van der Waals surface area contributed by atoms with Gasteiger partial charge < -0.3 is 5.32 Å². The molecule has 96 valence electrons. The summed E-state index contributed by atoms with van der Waals surface area (Å²) < 4.78 is 13.3. The summed E-state index contributed by atoms with van der Waals surface area (Å²) in [7, 11) is 0. The molecule has 0 saturated carbocycles. The summed E-state index contributed by atoms with van der Waals surface area (Å²) in [5.41, 5.74) is 2.72. The van der Waals surface area contributed by atoms with Gasteiger partial charge in [0.05, 0.1) is 6.04 Å². The Labute approximate surface area is 113 Å². The van der Waals surface area contributed by atoms with E-state index >= 15 is 0 Å². The third kappa shape index (κ3) is 3.35. The summed E-state index contributed by atoms with van der Waals surface area (Å²) in [4.78, 5) is 0. The van der Waals surface area contributed by atoms with E-state index in [-0.39, 0.29) is 11.9 Å². The van der Waals surface area contributed by atoms with Crippen molar-refractivity contribution in [2.45, 2.75) is 19.4 Å². The minimum atomic E-state index is -0.213. The zero-order valence-electron chi connectivity index (χ0n) is 10.9. The van der Waals surface area contributed by atoms with Gasteiger partial charge in [0.15, 0.2) is 0 Å². The van der Waals surface area contributed by atoms with Crippen LogP contribution in [0.5, 0.6) is 0 Å². The van der Waals surface area contributed by atoms with Crippen molar-refractivity contribution in [1.82, 2.24) is 0 Å². The maximum atomic E-state index is 13.3. The van der Waals surface area contributed by atoms with Crippen molar-refractivity contribution in [2.24, 2.45) is 0 Å². The highest BCUT2D eigenvalue weighted by atomic mass is 19.1. The smallest absolute Gasteiger partial charge is 0.123 e. The van der Waals surface area contributed by atoms with Gasteiger partial charge in [-0.25, -0.2) is 4.39 Å². The van der Waals surface area contributed by atoms with Crippen LogP contribution in [0, 0.1) is 18.2 Å². The molecule has 19 heavy (non-hydrogen) atoms. The van der Waals surface area contributed by atoms with Crippen LogP contribution in [0.2, 0.25) is 0 Å². The number of terminal acetylenes is 1. The molecule has 1 nitrogen and oxygen atoms in total. The van der Waals surface area contributed by atoms with Gasteiger partial charge >= 0.3 is 0 Å². The van der Waals surface area contributed by atoms with Gasteiger partial charge in [0.1, 0.15) is 5.82 Å². The number of hydrogen-bond donors (Lipinski definition) is 1. The van der Waals surface area contributed by atoms with Gasteiger partial charge in [-0.2, -0.15) is 0 Å². The summed E-state index contributed by atoms with van der Waals surface area (Å²) in [5.74, 6) is 2.39. The summed E-state index contributed by atoms with van der Waals surface area (Å²) in [6.07, 6.45) is 6.25. The maximum absolute atomic E-state index is 13.3. The molecule has 0 amide bonds. The van der Waals surface area contributed by atoms with Crippen molar-refractivity contribution in [3.8, 4) is 12.3 Å². The van der Waals surface area contributed by atoms with E-state index in [9.17, 15) is 4.39 Å². The van der Waals surface area contributed by atoms with Crippen LogP contribution in [0.4, 0.5) is 10.1 Å². The van der Waals surface area contributed by atoms with Gasteiger partial charge in [0.2, 0.25) is 0 Å². The lowest BCUT2D eigenvalue weighted by Gasteiger charge is -2.19. The molecular formula is C17H16FN. The molecule has 0 bridgehead atoms. The maximum Gasteiger partial charge on any atom is 0.123 e. The minimum absolute atomic E-state index is 0.0729. The van der Waals surface area contributed by atoms with Gasteiger partial charge in [-0.3, -0.25) is 0 Å². The molecule has 1 atom stereocenters. The predicted octanol–water partition coefficient (Wildman–Crippen LogP) is 4.37. The van der Waals surface area contributed by atoms with E-state index in [1.54, 1.807) is 12.1 Å². The second kappa shape index (κ2) is 6.06. The fourth-order valence-electron chi connectivity index (χ4n) is 2.04. The highest BCUT2D eigenvalue weighted by molar-refractivity contribution is 5.51. The molecule has 0 aliphatic carbocycles.